The summed E-state index contributed by atoms with van der Waals surface area (Å²) >= 11 is 0. The van der Waals surface area contributed by atoms with Crippen LogP contribution in [0.5, 0.6) is 0 Å². The molecule has 7 heteroatoms. The quantitative estimate of drug-likeness (QED) is 0.615. The van der Waals surface area contributed by atoms with E-state index in [-0.39, 0.29) is 25.2 Å². The van der Waals surface area contributed by atoms with Crippen LogP contribution in [0.4, 0.5) is 4.79 Å². The molecule has 1 atom stereocenters. The third-order valence-electron chi connectivity index (χ3n) is 3.57. The van der Waals surface area contributed by atoms with Crippen LogP contribution in [0.2, 0.25) is 0 Å². The molecule has 0 aliphatic heterocycles. The lowest BCUT2D eigenvalue weighted by Gasteiger charge is -2.40. The fourth-order valence-corrected chi connectivity index (χ4v) is 2.33. The van der Waals surface area contributed by atoms with Crippen molar-refractivity contribution in [2.24, 2.45) is 0 Å². The van der Waals surface area contributed by atoms with Gasteiger partial charge < -0.3 is 19.7 Å². The lowest BCUT2D eigenvalue weighted by molar-refractivity contribution is -0.163. The smallest absolute Gasteiger partial charge is 0.407 e. The number of hydrogen-bond donors (Lipinski definition) is 1. The topological polar surface area (TPSA) is 84.9 Å². The molecule has 1 unspecified atom stereocenters. The highest BCUT2D eigenvalue weighted by molar-refractivity contribution is 6.32. The fourth-order valence-electron chi connectivity index (χ4n) is 2.33. The zero-order chi connectivity index (χ0) is 17.6. The zero-order valence-corrected chi connectivity index (χ0v) is 14.7. The molecule has 0 spiro atoms. The lowest BCUT2D eigenvalue weighted by atomic mass is 9.90. The van der Waals surface area contributed by atoms with E-state index in [1.807, 2.05) is 0 Å². The third kappa shape index (κ3) is 6.08. The normalized spacial score (nSPS) is 16.0. The van der Waals surface area contributed by atoms with Crippen molar-refractivity contribution < 1.29 is 23.9 Å². The van der Waals surface area contributed by atoms with Gasteiger partial charge in [0, 0.05) is 18.6 Å². The maximum Gasteiger partial charge on any atom is 0.407 e. The number of alkyl carbamates (subject to hydrolysis) is 1. The summed E-state index contributed by atoms with van der Waals surface area (Å²) in [5.41, 5.74) is -0.582. The van der Waals surface area contributed by atoms with E-state index in [0.717, 1.165) is 19.3 Å². The first-order valence-corrected chi connectivity index (χ1v) is 8.12. The maximum atomic E-state index is 12.3. The molecule has 1 rings (SSSR count). The second-order valence-corrected chi connectivity index (χ2v) is 6.75. The molecular formula is C16H28N2O5. The molecule has 0 aromatic heterocycles. The maximum absolute atomic E-state index is 12.3. The van der Waals surface area contributed by atoms with Crippen LogP contribution in [-0.4, -0.2) is 53.7 Å². The molecule has 0 aromatic carbocycles. The summed E-state index contributed by atoms with van der Waals surface area (Å²) in [6, 6.07) is -0.285. The SMILES string of the molecule is CCOC(=O)C(=O)N(C(C)CNC(=O)OC(C)(C)C)C1CCC1. The predicted molar refractivity (Wildman–Crippen MR) is 84.8 cm³/mol. The Labute approximate surface area is 137 Å². The van der Waals surface area contributed by atoms with Crippen LogP contribution in [0, 0.1) is 0 Å². The minimum absolute atomic E-state index is 0.0299. The lowest BCUT2D eigenvalue weighted by Crippen LogP contribution is -2.55. The highest BCUT2D eigenvalue weighted by atomic mass is 16.6. The summed E-state index contributed by atoms with van der Waals surface area (Å²) in [5, 5.41) is 2.64. The van der Waals surface area contributed by atoms with Crippen molar-refractivity contribution in [1.82, 2.24) is 10.2 Å². The van der Waals surface area contributed by atoms with Crippen molar-refractivity contribution in [3.05, 3.63) is 0 Å². The highest BCUT2D eigenvalue weighted by Crippen LogP contribution is 2.26. The van der Waals surface area contributed by atoms with Gasteiger partial charge in [-0.05, 0) is 53.9 Å². The van der Waals surface area contributed by atoms with Gasteiger partial charge in [0.2, 0.25) is 0 Å². The molecule has 1 N–H and O–H groups in total. The van der Waals surface area contributed by atoms with Crippen LogP contribution in [0.15, 0.2) is 0 Å². The van der Waals surface area contributed by atoms with E-state index in [4.69, 9.17) is 9.47 Å². The fraction of sp³-hybridized carbons (Fsp3) is 0.812. The number of ether oxygens (including phenoxy) is 2. The van der Waals surface area contributed by atoms with Crippen LogP contribution in [0.3, 0.4) is 0 Å². The van der Waals surface area contributed by atoms with Gasteiger partial charge in [-0.3, -0.25) is 4.79 Å². The van der Waals surface area contributed by atoms with Crippen molar-refractivity contribution in [1.29, 1.82) is 0 Å². The van der Waals surface area contributed by atoms with Gasteiger partial charge in [-0.2, -0.15) is 0 Å². The first-order chi connectivity index (χ1) is 10.7. The largest absolute Gasteiger partial charge is 0.459 e. The summed E-state index contributed by atoms with van der Waals surface area (Å²) < 4.78 is 9.97. The van der Waals surface area contributed by atoms with Crippen LogP contribution in [0.1, 0.15) is 53.9 Å². The number of hydrogen-bond acceptors (Lipinski definition) is 5. The van der Waals surface area contributed by atoms with E-state index in [2.05, 4.69) is 5.32 Å². The molecule has 0 radical (unpaired) electrons. The number of nitrogens with zero attached hydrogens (tertiary/aromatic N) is 1. The van der Waals surface area contributed by atoms with E-state index >= 15 is 0 Å². The van der Waals surface area contributed by atoms with E-state index in [1.54, 1.807) is 34.6 Å². The number of esters is 1. The summed E-state index contributed by atoms with van der Waals surface area (Å²) in [6.45, 7) is 9.17. The Kier molecular flexibility index (Phi) is 6.84. The monoisotopic (exact) mass is 328 g/mol. The van der Waals surface area contributed by atoms with E-state index in [9.17, 15) is 14.4 Å². The molecule has 1 saturated carbocycles. The standard InChI is InChI=1S/C16H28N2O5/c1-6-22-14(20)13(19)18(12-8-7-9-12)11(2)10-17-15(21)23-16(3,4)5/h11-12H,6-10H2,1-5H3,(H,17,21). The average molecular weight is 328 g/mol. The first-order valence-electron chi connectivity index (χ1n) is 8.12. The summed E-state index contributed by atoms with van der Waals surface area (Å²) in [7, 11) is 0. The van der Waals surface area contributed by atoms with Gasteiger partial charge in [0.15, 0.2) is 0 Å². The van der Waals surface area contributed by atoms with Crippen molar-refractivity contribution in [2.75, 3.05) is 13.2 Å². The van der Waals surface area contributed by atoms with Crippen molar-refractivity contribution in [2.45, 2.75) is 71.6 Å². The molecule has 0 heterocycles. The number of carbonyl (C=O) groups excluding carboxylic acids is 3. The Morgan fingerprint density at radius 2 is 1.87 bits per heavy atom. The molecule has 23 heavy (non-hydrogen) atoms. The predicted octanol–water partition coefficient (Wildman–Crippen LogP) is 1.84. The minimum atomic E-state index is -0.844. The Morgan fingerprint density at radius 3 is 2.30 bits per heavy atom. The van der Waals surface area contributed by atoms with Gasteiger partial charge in [-0.15, -0.1) is 0 Å². The minimum Gasteiger partial charge on any atom is -0.459 e. The molecule has 0 bridgehead atoms. The molecule has 1 aliphatic carbocycles. The Balaban J connectivity index is 2.62. The second-order valence-electron chi connectivity index (χ2n) is 6.75. The van der Waals surface area contributed by atoms with Crippen molar-refractivity contribution >= 4 is 18.0 Å². The molecule has 7 nitrogen and oxygen atoms in total. The van der Waals surface area contributed by atoms with Gasteiger partial charge >= 0.3 is 18.0 Å². The summed E-state index contributed by atoms with van der Waals surface area (Å²) in [6.07, 6.45) is 2.22. The Morgan fingerprint density at radius 1 is 1.26 bits per heavy atom. The first kappa shape index (κ1) is 19.3. The van der Waals surface area contributed by atoms with Gasteiger partial charge in [0.05, 0.1) is 6.61 Å². The summed E-state index contributed by atoms with van der Waals surface area (Å²) in [5.74, 6) is -1.49. The van der Waals surface area contributed by atoms with Crippen LogP contribution in [-0.2, 0) is 19.1 Å². The summed E-state index contributed by atoms with van der Waals surface area (Å²) in [4.78, 5) is 37.3. The van der Waals surface area contributed by atoms with Crippen molar-refractivity contribution in [3.8, 4) is 0 Å². The zero-order valence-electron chi connectivity index (χ0n) is 14.7. The molecule has 132 valence electrons. The van der Waals surface area contributed by atoms with Gasteiger partial charge in [-0.1, -0.05) is 0 Å². The van der Waals surface area contributed by atoms with Crippen LogP contribution >= 0.6 is 0 Å². The number of carbonyl (C=O) groups is 3. The highest BCUT2D eigenvalue weighted by Gasteiger charge is 2.36. The molecule has 2 amide bonds. The van der Waals surface area contributed by atoms with Crippen molar-refractivity contribution in [3.63, 3.8) is 0 Å². The molecule has 1 aliphatic rings. The molecule has 1 fully saturated rings. The number of rotatable bonds is 5. The molecule has 0 aromatic rings. The molecule has 0 saturated heterocycles. The second kappa shape index (κ2) is 8.17. The van der Waals surface area contributed by atoms with E-state index < -0.39 is 23.6 Å². The average Bonchev–Trinajstić information content (AvgIpc) is 2.37. The van der Waals surface area contributed by atoms with Crippen LogP contribution in [0.25, 0.3) is 0 Å². The number of nitrogens with one attached hydrogen (secondary N) is 1. The van der Waals surface area contributed by atoms with Gasteiger partial charge in [-0.25, -0.2) is 9.59 Å². The Hall–Kier alpha value is -1.79. The van der Waals surface area contributed by atoms with E-state index in [0.29, 0.717) is 0 Å². The number of amides is 2. The Bertz CT molecular complexity index is 440. The van der Waals surface area contributed by atoms with Gasteiger partial charge in [0.25, 0.3) is 0 Å². The van der Waals surface area contributed by atoms with E-state index in [1.165, 1.54) is 4.90 Å². The molecular weight excluding hydrogens is 300 g/mol. The van der Waals surface area contributed by atoms with Gasteiger partial charge in [0.1, 0.15) is 5.60 Å². The third-order valence-corrected chi connectivity index (χ3v) is 3.57. The van der Waals surface area contributed by atoms with Crippen LogP contribution < -0.4 is 5.32 Å².